The zero-order valence-electron chi connectivity index (χ0n) is 10.7. The molecule has 0 aliphatic carbocycles. The second-order valence-electron chi connectivity index (χ2n) is 4.86. The quantitative estimate of drug-likeness (QED) is 0.885. The van der Waals surface area contributed by atoms with E-state index in [-0.39, 0.29) is 0 Å². The summed E-state index contributed by atoms with van der Waals surface area (Å²) in [6.07, 6.45) is 1.28. The Morgan fingerprint density at radius 1 is 1.47 bits per heavy atom. The summed E-state index contributed by atoms with van der Waals surface area (Å²) in [6.45, 7) is 8.57. The van der Waals surface area contributed by atoms with Crippen molar-refractivity contribution in [2.24, 2.45) is 5.92 Å². The minimum atomic E-state index is 0.793. The van der Waals surface area contributed by atoms with Gasteiger partial charge in [0.05, 0.1) is 0 Å². The van der Waals surface area contributed by atoms with Gasteiger partial charge in [-0.05, 0) is 31.0 Å². The summed E-state index contributed by atoms with van der Waals surface area (Å²) in [6, 6.07) is 6.23. The molecule has 1 aliphatic heterocycles. The van der Waals surface area contributed by atoms with E-state index in [4.69, 9.17) is 11.6 Å². The third kappa shape index (κ3) is 2.93. The normalized spacial score (nSPS) is 19.9. The molecular formula is C14H21ClN2. The predicted molar refractivity (Wildman–Crippen MR) is 74.8 cm³/mol. The molecule has 0 aromatic heterocycles. The average molecular weight is 253 g/mol. The largest absolute Gasteiger partial charge is 0.371 e. The molecule has 1 unspecified atom stereocenters. The van der Waals surface area contributed by atoms with E-state index in [1.54, 1.807) is 0 Å². The second kappa shape index (κ2) is 5.74. The highest BCUT2D eigenvalue weighted by atomic mass is 35.5. The van der Waals surface area contributed by atoms with Crippen molar-refractivity contribution in [2.75, 3.05) is 24.5 Å². The van der Waals surface area contributed by atoms with Crippen molar-refractivity contribution in [2.45, 2.75) is 26.8 Å². The van der Waals surface area contributed by atoms with Crippen LogP contribution in [0.2, 0.25) is 5.02 Å². The Morgan fingerprint density at radius 2 is 2.29 bits per heavy atom. The van der Waals surface area contributed by atoms with Crippen LogP contribution in [0.3, 0.4) is 0 Å². The molecule has 3 heteroatoms. The zero-order valence-corrected chi connectivity index (χ0v) is 11.4. The molecule has 1 N–H and O–H groups in total. The van der Waals surface area contributed by atoms with Crippen LogP contribution in [0.25, 0.3) is 0 Å². The Bertz CT molecular complexity index is 378. The first kappa shape index (κ1) is 12.7. The maximum Gasteiger partial charge on any atom is 0.0471 e. The highest BCUT2D eigenvalue weighted by molar-refractivity contribution is 6.31. The number of halogens is 1. The van der Waals surface area contributed by atoms with Gasteiger partial charge in [0.1, 0.15) is 0 Å². The Balaban J connectivity index is 2.22. The molecule has 0 amide bonds. The molecule has 1 fully saturated rings. The topological polar surface area (TPSA) is 15.3 Å². The number of benzene rings is 1. The first-order valence-electron chi connectivity index (χ1n) is 6.45. The zero-order chi connectivity index (χ0) is 12.3. The summed E-state index contributed by atoms with van der Waals surface area (Å²) in [5, 5.41) is 4.25. The van der Waals surface area contributed by atoms with Crippen molar-refractivity contribution < 1.29 is 0 Å². The van der Waals surface area contributed by atoms with E-state index in [9.17, 15) is 0 Å². The minimum Gasteiger partial charge on any atom is -0.371 e. The molecule has 0 spiro atoms. The fraction of sp³-hybridized carbons (Fsp3) is 0.571. The Morgan fingerprint density at radius 3 is 2.94 bits per heavy atom. The molecule has 1 atom stereocenters. The van der Waals surface area contributed by atoms with Crippen LogP contribution in [0.1, 0.15) is 25.8 Å². The lowest BCUT2D eigenvalue weighted by atomic mass is 10.1. The standard InChI is InChI=1S/C14H21ClN2/c1-3-16-9-12-13(15)5-4-6-14(12)17-8-7-11(2)10-17/h4-6,11,16H,3,7-10H2,1-2H3. The van der Waals surface area contributed by atoms with E-state index in [0.717, 1.165) is 37.1 Å². The monoisotopic (exact) mass is 252 g/mol. The molecule has 17 heavy (non-hydrogen) atoms. The van der Waals surface area contributed by atoms with Crippen molar-refractivity contribution in [3.05, 3.63) is 28.8 Å². The predicted octanol–water partition coefficient (Wildman–Crippen LogP) is 3.30. The first-order valence-corrected chi connectivity index (χ1v) is 6.83. The van der Waals surface area contributed by atoms with Crippen LogP contribution in [-0.2, 0) is 6.54 Å². The van der Waals surface area contributed by atoms with Gasteiger partial charge in [0.2, 0.25) is 0 Å². The highest BCUT2D eigenvalue weighted by Crippen LogP contribution is 2.31. The summed E-state index contributed by atoms with van der Waals surface area (Å²) in [5.74, 6) is 0.793. The van der Waals surface area contributed by atoms with E-state index >= 15 is 0 Å². The minimum absolute atomic E-state index is 0.793. The third-order valence-electron chi connectivity index (χ3n) is 3.41. The maximum atomic E-state index is 6.31. The van der Waals surface area contributed by atoms with Crippen molar-refractivity contribution >= 4 is 17.3 Å². The molecule has 1 heterocycles. The van der Waals surface area contributed by atoms with Gasteiger partial charge in [-0.1, -0.05) is 31.5 Å². The molecule has 0 radical (unpaired) electrons. The molecule has 1 saturated heterocycles. The van der Waals surface area contributed by atoms with Gasteiger partial charge in [0.25, 0.3) is 0 Å². The van der Waals surface area contributed by atoms with Gasteiger partial charge in [0, 0.05) is 35.9 Å². The molecule has 1 aliphatic rings. The van der Waals surface area contributed by atoms with Crippen LogP contribution in [0, 0.1) is 5.92 Å². The van der Waals surface area contributed by atoms with Crippen LogP contribution in [-0.4, -0.2) is 19.6 Å². The smallest absolute Gasteiger partial charge is 0.0471 e. The summed E-state index contributed by atoms with van der Waals surface area (Å²) < 4.78 is 0. The van der Waals surface area contributed by atoms with Crippen LogP contribution < -0.4 is 10.2 Å². The van der Waals surface area contributed by atoms with Crippen molar-refractivity contribution in [3.63, 3.8) is 0 Å². The van der Waals surface area contributed by atoms with Crippen LogP contribution >= 0.6 is 11.6 Å². The van der Waals surface area contributed by atoms with E-state index in [0.29, 0.717) is 0 Å². The van der Waals surface area contributed by atoms with Gasteiger partial charge in [-0.15, -0.1) is 0 Å². The van der Waals surface area contributed by atoms with E-state index in [1.807, 2.05) is 6.07 Å². The lowest BCUT2D eigenvalue weighted by molar-refractivity contribution is 0.658. The average Bonchev–Trinajstić information content (AvgIpc) is 2.74. The molecule has 0 bridgehead atoms. The van der Waals surface area contributed by atoms with E-state index < -0.39 is 0 Å². The number of nitrogens with zero attached hydrogens (tertiary/aromatic N) is 1. The van der Waals surface area contributed by atoms with Crippen LogP contribution in [0.4, 0.5) is 5.69 Å². The summed E-state index contributed by atoms with van der Waals surface area (Å²) in [5.41, 5.74) is 2.55. The lowest BCUT2D eigenvalue weighted by Gasteiger charge is -2.22. The van der Waals surface area contributed by atoms with Gasteiger partial charge in [-0.3, -0.25) is 0 Å². The molecular weight excluding hydrogens is 232 g/mol. The van der Waals surface area contributed by atoms with E-state index in [2.05, 4.69) is 36.2 Å². The van der Waals surface area contributed by atoms with E-state index in [1.165, 1.54) is 17.7 Å². The van der Waals surface area contributed by atoms with Crippen LogP contribution in [0.5, 0.6) is 0 Å². The molecule has 2 nitrogen and oxygen atoms in total. The van der Waals surface area contributed by atoms with Gasteiger partial charge in [0.15, 0.2) is 0 Å². The Kier molecular flexibility index (Phi) is 4.30. The number of rotatable bonds is 4. The van der Waals surface area contributed by atoms with Gasteiger partial charge in [-0.25, -0.2) is 0 Å². The highest BCUT2D eigenvalue weighted by Gasteiger charge is 2.21. The van der Waals surface area contributed by atoms with Crippen molar-refractivity contribution in [1.29, 1.82) is 0 Å². The molecule has 94 valence electrons. The van der Waals surface area contributed by atoms with Crippen molar-refractivity contribution in [1.82, 2.24) is 5.32 Å². The number of hydrogen-bond acceptors (Lipinski definition) is 2. The summed E-state index contributed by atoms with van der Waals surface area (Å²) >= 11 is 6.31. The SMILES string of the molecule is CCNCc1c(Cl)cccc1N1CCC(C)C1. The second-order valence-corrected chi connectivity index (χ2v) is 5.26. The van der Waals surface area contributed by atoms with Gasteiger partial charge in [-0.2, -0.15) is 0 Å². The van der Waals surface area contributed by atoms with Gasteiger partial charge >= 0.3 is 0 Å². The summed E-state index contributed by atoms with van der Waals surface area (Å²) in [4.78, 5) is 2.46. The molecule has 1 aromatic carbocycles. The number of nitrogens with one attached hydrogen (secondary N) is 1. The van der Waals surface area contributed by atoms with Crippen molar-refractivity contribution in [3.8, 4) is 0 Å². The molecule has 1 aromatic rings. The lowest BCUT2D eigenvalue weighted by Crippen LogP contribution is -2.22. The molecule has 2 rings (SSSR count). The van der Waals surface area contributed by atoms with Crippen LogP contribution in [0.15, 0.2) is 18.2 Å². The first-order chi connectivity index (χ1) is 8.22. The fourth-order valence-corrected chi connectivity index (χ4v) is 2.66. The van der Waals surface area contributed by atoms with Gasteiger partial charge < -0.3 is 10.2 Å². The number of hydrogen-bond donors (Lipinski definition) is 1. The number of anilines is 1. The Labute approximate surface area is 109 Å². The summed E-state index contributed by atoms with van der Waals surface area (Å²) in [7, 11) is 0. The Hall–Kier alpha value is -0.730. The maximum absolute atomic E-state index is 6.31. The molecule has 0 saturated carbocycles. The third-order valence-corrected chi connectivity index (χ3v) is 3.76. The fourth-order valence-electron chi connectivity index (χ4n) is 2.42.